The van der Waals surface area contributed by atoms with E-state index in [0.29, 0.717) is 36.0 Å². The second-order valence-electron chi connectivity index (χ2n) is 7.92. The fourth-order valence-corrected chi connectivity index (χ4v) is 3.43. The van der Waals surface area contributed by atoms with Gasteiger partial charge in [0.25, 0.3) is 0 Å². The highest BCUT2D eigenvalue weighted by Crippen LogP contribution is 2.33. The van der Waals surface area contributed by atoms with Crippen molar-refractivity contribution in [2.45, 2.75) is 51.9 Å². The Labute approximate surface area is 170 Å². The van der Waals surface area contributed by atoms with Gasteiger partial charge in [-0.3, -0.25) is 4.79 Å². The van der Waals surface area contributed by atoms with E-state index in [9.17, 15) is 9.18 Å². The van der Waals surface area contributed by atoms with Crippen LogP contribution in [0.25, 0.3) is 0 Å². The maximum absolute atomic E-state index is 14.3. The highest BCUT2D eigenvalue weighted by molar-refractivity contribution is 5.73. The molecule has 0 aromatic heterocycles. The van der Waals surface area contributed by atoms with Gasteiger partial charge in [0.1, 0.15) is 35.8 Å². The smallest absolute Gasteiger partial charge is 0.217 e. The summed E-state index contributed by atoms with van der Waals surface area (Å²) in [5.41, 5.74) is 1.51. The molecule has 0 radical (unpaired) electrons. The molecule has 2 aromatic carbocycles. The minimum atomic E-state index is -0.327. The Morgan fingerprint density at radius 3 is 2.69 bits per heavy atom. The molecule has 1 amide bonds. The van der Waals surface area contributed by atoms with Crippen molar-refractivity contribution in [1.82, 2.24) is 5.32 Å². The van der Waals surface area contributed by atoms with Crippen molar-refractivity contribution in [3.8, 4) is 17.2 Å². The van der Waals surface area contributed by atoms with Crippen LogP contribution in [0.4, 0.5) is 4.39 Å². The molecule has 0 spiro atoms. The largest absolute Gasteiger partial charge is 0.493 e. The highest BCUT2D eigenvalue weighted by Gasteiger charge is 2.28. The molecule has 1 heterocycles. The molecule has 2 aliphatic rings. The van der Waals surface area contributed by atoms with E-state index in [2.05, 4.69) is 5.32 Å². The van der Waals surface area contributed by atoms with Gasteiger partial charge in [0.15, 0.2) is 0 Å². The molecule has 6 heteroatoms. The maximum atomic E-state index is 14.3. The molecule has 0 saturated heterocycles. The number of hydrogen-bond acceptors (Lipinski definition) is 4. The zero-order valence-electron chi connectivity index (χ0n) is 16.7. The van der Waals surface area contributed by atoms with Crippen LogP contribution in [0.1, 0.15) is 37.8 Å². The van der Waals surface area contributed by atoms with E-state index in [-0.39, 0.29) is 30.5 Å². The first-order valence-electron chi connectivity index (χ1n) is 10.1. The molecular weight excluding hydrogens is 373 g/mol. The number of fused-ring (bicyclic) bond motifs is 1. The molecule has 1 aliphatic carbocycles. The van der Waals surface area contributed by atoms with Crippen molar-refractivity contribution in [2.24, 2.45) is 5.92 Å². The lowest BCUT2D eigenvalue weighted by atomic mass is 10.1. The molecule has 2 aromatic rings. The third kappa shape index (κ3) is 5.00. The second kappa shape index (κ2) is 8.31. The number of rotatable bonds is 8. The molecule has 5 nitrogen and oxygen atoms in total. The first-order valence-corrected chi connectivity index (χ1v) is 10.1. The maximum Gasteiger partial charge on any atom is 0.217 e. The summed E-state index contributed by atoms with van der Waals surface area (Å²) in [5.74, 6) is 2.24. The fraction of sp³-hybridized carbons (Fsp3) is 0.435. The summed E-state index contributed by atoms with van der Waals surface area (Å²) >= 11 is 0. The average Bonchev–Trinajstić information content (AvgIpc) is 3.41. The lowest BCUT2D eigenvalue weighted by molar-refractivity contribution is -0.120. The van der Waals surface area contributed by atoms with Crippen LogP contribution in [0.15, 0.2) is 36.4 Å². The van der Waals surface area contributed by atoms with Gasteiger partial charge < -0.3 is 19.5 Å². The van der Waals surface area contributed by atoms with Crippen LogP contribution in [0.5, 0.6) is 17.2 Å². The van der Waals surface area contributed by atoms with Crippen molar-refractivity contribution in [1.29, 1.82) is 0 Å². The van der Waals surface area contributed by atoms with Gasteiger partial charge >= 0.3 is 0 Å². The van der Waals surface area contributed by atoms with E-state index in [1.165, 1.54) is 25.8 Å². The number of nitrogens with one attached hydrogen (secondary N) is 1. The monoisotopic (exact) mass is 399 g/mol. The van der Waals surface area contributed by atoms with Crippen LogP contribution >= 0.6 is 0 Å². The predicted molar refractivity (Wildman–Crippen MR) is 107 cm³/mol. The van der Waals surface area contributed by atoms with Gasteiger partial charge in [-0.05, 0) is 56.0 Å². The lowest BCUT2D eigenvalue weighted by Crippen LogP contribution is -2.42. The number of hydrogen-bond donors (Lipinski definition) is 1. The summed E-state index contributed by atoms with van der Waals surface area (Å²) < 4.78 is 31.7. The first kappa shape index (κ1) is 19.6. The summed E-state index contributed by atoms with van der Waals surface area (Å²) in [4.78, 5) is 11.3. The molecule has 1 saturated carbocycles. The molecule has 1 fully saturated rings. The molecule has 2 atom stereocenters. The number of ether oxygens (including phenoxy) is 3. The summed E-state index contributed by atoms with van der Waals surface area (Å²) in [6.45, 7) is 4.22. The molecule has 154 valence electrons. The van der Waals surface area contributed by atoms with Gasteiger partial charge in [0.05, 0.1) is 12.6 Å². The Morgan fingerprint density at radius 1 is 1.21 bits per heavy atom. The molecule has 1 aliphatic heterocycles. The number of carbonyl (C=O) groups excluding carboxylic acids is 1. The van der Waals surface area contributed by atoms with Crippen LogP contribution in [-0.4, -0.2) is 24.7 Å². The Kier molecular flexibility index (Phi) is 5.60. The van der Waals surface area contributed by atoms with Crippen LogP contribution in [0.2, 0.25) is 0 Å². The first-order chi connectivity index (χ1) is 14.0. The summed E-state index contributed by atoms with van der Waals surface area (Å²) in [5, 5.41) is 2.86. The zero-order chi connectivity index (χ0) is 20.4. The normalized spacial score (nSPS) is 18.5. The number of halogens is 1. The lowest BCUT2D eigenvalue weighted by Gasteiger charge is -2.19. The molecular formula is C23H26FNO4. The molecule has 4 rings (SSSR count). The van der Waals surface area contributed by atoms with E-state index in [0.717, 1.165) is 11.3 Å². The highest BCUT2D eigenvalue weighted by atomic mass is 19.1. The topological polar surface area (TPSA) is 56.8 Å². The van der Waals surface area contributed by atoms with Crippen LogP contribution in [0.3, 0.4) is 0 Å². The second-order valence-corrected chi connectivity index (χ2v) is 7.92. The Hall–Kier alpha value is -2.76. The fourth-order valence-electron chi connectivity index (χ4n) is 3.43. The van der Waals surface area contributed by atoms with E-state index in [1.807, 2.05) is 25.1 Å². The number of benzene rings is 2. The minimum absolute atomic E-state index is 0.0768. The van der Waals surface area contributed by atoms with Crippen molar-refractivity contribution in [3.63, 3.8) is 0 Å². The van der Waals surface area contributed by atoms with Gasteiger partial charge in [0.2, 0.25) is 5.91 Å². The van der Waals surface area contributed by atoms with Crippen molar-refractivity contribution >= 4 is 5.91 Å². The van der Waals surface area contributed by atoms with Crippen molar-refractivity contribution < 1.29 is 23.4 Å². The summed E-state index contributed by atoms with van der Waals surface area (Å²) in [6.07, 6.45) is 2.99. The van der Waals surface area contributed by atoms with E-state index < -0.39 is 0 Å². The minimum Gasteiger partial charge on any atom is -0.493 e. The predicted octanol–water partition coefficient (Wildman–Crippen LogP) is 4.02. The third-order valence-electron chi connectivity index (χ3n) is 5.32. The number of carbonyl (C=O) groups is 1. The molecule has 0 bridgehead atoms. The molecule has 29 heavy (non-hydrogen) atoms. The summed E-state index contributed by atoms with van der Waals surface area (Å²) in [7, 11) is 0. The Morgan fingerprint density at radius 2 is 1.97 bits per heavy atom. The van der Waals surface area contributed by atoms with Crippen molar-refractivity contribution in [2.75, 3.05) is 6.61 Å². The van der Waals surface area contributed by atoms with Crippen LogP contribution in [0, 0.1) is 11.7 Å². The van der Waals surface area contributed by atoms with Gasteiger partial charge in [0, 0.05) is 30.5 Å². The third-order valence-corrected chi connectivity index (χ3v) is 5.32. The average molecular weight is 399 g/mol. The van der Waals surface area contributed by atoms with Gasteiger partial charge in [-0.25, -0.2) is 4.39 Å². The number of amides is 1. The van der Waals surface area contributed by atoms with Crippen LogP contribution in [-0.2, 0) is 17.8 Å². The van der Waals surface area contributed by atoms with Crippen molar-refractivity contribution in [3.05, 3.63) is 53.3 Å². The summed E-state index contributed by atoms with van der Waals surface area (Å²) in [6, 6.07) is 10.4. The van der Waals surface area contributed by atoms with Gasteiger partial charge in [-0.2, -0.15) is 0 Å². The van der Waals surface area contributed by atoms with Gasteiger partial charge in [-0.15, -0.1) is 0 Å². The molecule has 1 N–H and O–H groups in total. The van der Waals surface area contributed by atoms with Crippen LogP contribution < -0.4 is 19.5 Å². The zero-order valence-corrected chi connectivity index (χ0v) is 16.7. The Balaban J connectivity index is 1.33. The van der Waals surface area contributed by atoms with E-state index in [1.54, 1.807) is 12.1 Å². The standard InChI is InChI=1S/C23H26FNO4/c1-14(25-15(2)26)23-10-18-9-19(7-8-22(18)29-23)28-13-17-5-6-20(11-21(17)24)27-12-16-3-4-16/h5-9,11,14,16,23H,3-4,10,12-13H2,1-2H3,(H,25,26). The van der Waals surface area contributed by atoms with E-state index in [4.69, 9.17) is 14.2 Å². The van der Waals surface area contributed by atoms with Gasteiger partial charge in [-0.1, -0.05) is 0 Å². The SMILES string of the molecule is CC(=O)NC(C)C1Cc2cc(OCc3ccc(OCC4CC4)cc3F)ccc2O1. The van der Waals surface area contributed by atoms with E-state index >= 15 is 0 Å². The molecule has 2 unspecified atom stereocenters. The Bertz CT molecular complexity index is 896. The quantitative estimate of drug-likeness (QED) is 0.728.